The highest BCUT2D eigenvalue weighted by Crippen LogP contribution is 2.29. The molecule has 0 aromatic carbocycles. The SMILES string of the molecule is CCN(CC)C(=O)[C@@H]1C[C@@H](N)CN1c1ncccc1C(=O)N1CCCC1. The van der Waals surface area contributed by atoms with Gasteiger partial charge in [0.05, 0.1) is 5.56 Å². The van der Waals surface area contributed by atoms with Crippen LogP contribution in [0.15, 0.2) is 18.3 Å². The molecule has 2 atom stereocenters. The van der Waals surface area contributed by atoms with Crippen LogP contribution in [0.25, 0.3) is 0 Å². The molecule has 0 aliphatic carbocycles. The molecule has 2 aliphatic rings. The summed E-state index contributed by atoms with van der Waals surface area (Å²) >= 11 is 0. The van der Waals surface area contributed by atoms with E-state index in [9.17, 15) is 9.59 Å². The molecule has 1 aromatic rings. The largest absolute Gasteiger partial charge is 0.342 e. The number of hydrogen-bond donors (Lipinski definition) is 1. The fourth-order valence-corrected chi connectivity index (χ4v) is 3.97. The number of carbonyl (C=O) groups excluding carboxylic acids is 2. The first kappa shape index (κ1) is 18.6. The summed E-state index contributed by atoms with van der Waals surface area (Å²) in [6.07, 6.45) is 4.35. The van der Waals surface area contributed by atoms with E-state index < -0.39 is 0 Å². The number of pyridine rings is 1. The second kappa shape index (κ2) is 8.03. The minimum Gasteiger partial charge on any atom is -0.342 e. The van der Waals surface area contributed by atoms with Crippen LogP contribution in [0, 0.1) is 0 Å². The Labute approximate surface area is 155 Å². The van der Waals surface area contributed by atoms with E-state index in [1.54, 1.807) is 12.3 Å². The maximum Gasteiger partial charge on any atom is 0.257 e. The molecular formula is C19H29N5O2. The Balaban J connectivity index is 1.91. The molecule has 26 heavy (non-hydrogen) atoms. The molecule has 2 N–H and O–H groups in total. The number of aromatic nitrogens is 1. The van der Waals surface area contributed by atoms with Crippen molar-refractivity contribution in [3.63, 3.8) is 0 Å². The fraction of sp³-hybridized carbons (Fsp3) is 0.632. The van der Waals surface area contributed by atoms with Crippen LogP contribution in [0.3, 0.4) is 0 Å². The van der Waals surface area contributed by atoms with Crippen molar-refractivity contribution in [3.05, 3.63) is 23.9 Å². The number of nitrogens with zero attached hydrogens (tertiary/aromatic N) is 4. The third-order valence-electron chi connectivity index (χ3n) is 5.38. The van der Waals surface area contributed by atoms with Crippen molar-refractivity contribution in [1.29, 1.82) is 0 Å². The Morgan fingerprint density at radius 2 is 1.96 bits per heavy atom. The molecule has 2 saturated heterocycles. The van der Waals surface area contributed by atoms with E-state index in [1.165, 1.54) is 0 Å². The first-order chi connectivity index (χ1) is 12.6. The quantitative estimate of drug-likeness (QED) is 0.851. The van der Waals surface area contributed by atoms with Gasteiger partial charge in [0, 0.05) is 45.0 Å². The van der Waals surface area contributed by atoms with Crippen LogP contribution in [0.1, 0.15) is 43.5 Å². The average molecular weight is 359 g/mol. The van der Waals surface area contributed by atoms with Gasteiger partial charge >= 0.3 is 0 Å². The summed E-state index contributed by atoms with van der Waals surface area (Å²) in [4.78, 5) is 36.1. The molecule has 2 aliphatic heterocycles. The number of anilines is 1. The van der Waals surface area contributed by atoms with Crippen LogP contribution < -0.4 is 10.6 Å². The van der Waals surface area contributed by atoms with Crippen molar-refractivity contribution >= 4 is 17.6 Å². The lowest BCUT2D eigenvalue weighted by molar-refractivity contribution is -0.132. The number of rotatable bonds is 5. The predicted octanol–water partition coefficient (Wildman–Crippen LogP) is 1.09. The van der Waals surface area contributed by atoms with Crippen LogP contribution in [-0.4, -0.2) is 71.4 Å². The molecule has 0 unspecified atom stereocenters. The Morgan fingerprint density at radius 3 is 2.62 bits per heavy atom. The van der Waals surface area contributed by atoms with Gasteiger partial charge in [-0.25, -0.2) is 4.98 Å². The van der Waals surface area contributed by atoms with E-state index in [1.807, 2.05) is 34.6 Å². The highest BCUT2D eigenvalue weighted by molar-refractivity contribution is 6.00. The first-order valence-electron chi connectivity index (χ1n) is 9.62. The number of hydrogen-bond acceptors (Lipinski definition) is 5. The summed E-state index contributed by atoms with van der Waals surface area (Å²) in [6.45, 7) is 7.39. The molecule has 7 nitrogen and oxygen atoms in total. The second-order valence-electron chi connectivity index (χ2n) is 7.05. The van der Waals surface area contributed by atoms with Crippen molar-refractivity contribution in [2.45, 2.75) is 45.2 Å². The van der Waals surface area contributed by atoms with Gasteiger partial charge in [-0.3, -0.25) is 9.59 Å². The van der Waals surface area contributed by atoms with Crippen molar-refractivity contribution in [3.8, 4) is 0 Å². The summed E-state index contributed by atoms with van der Waals surface area (Å²) in [5, 5.41) is 0. The predicted molar refractivity (Wildman–Crippen MR) is 101 cm³/mol. The number of likely N-dealkylation sites (tertiary alicyclic amines) is 1. The Bertz CT molecular complexity index is 655. The number of amides is 2. The molecule has 1 aromatic heterocycles. The van der Waals surface area contributed by atoms with Crippen molar-refractivity contribution in [2.24, 2.45) is 5.73 Å². The normalized spacial score (nSPS) is 22.7. The van der Waals surface area contributed by atoms with Crippen LogP contribution >= 0.6 is 0 Å². The zero-order valence-electron chi connectivity index (χ0n) is 15.7. The van der Waals surface area contributed by atoms with E-state index in [0.29, 0.717) is 37.4 Å². The van der Waals surface area contributed by atoms with Crippen molar-refractivity contribution < 1.29 is 9.59 Å². The monoisotopic (exact) mass is 359 g/mol. The third kappa shape index (κ3) is 3.53. The highest BCUT2D eigenvalue weighted by Gasteiger charge is 2.39. The van der Waals surface area contributed by atoms with Gasteiger partial charge in [0.2, 0.25) is 5.91 Å². The molecule has 3 heterocycles. The fourth-order valence-electron chi connectivity index (χ4n) is 3.97. The van der Waals surface area contributed by atoms with E-state index in [4.69, 9.17) is 5.73 Å². The summed E-state index contributed by atoms with van der Waals surface area (Å²) in [6, 6.07) is 3.14. The lowest BCUT2D eigenvalue weighted by atomic mass is 10.1. The first-order valence-corrected chi connectivity index (χ1v) is 9.62. The van der Waals surface area contributed by atoms with Gasteiger partial charge in [0.15, 0.2) is 0 Å². The molecule has 142 valence electrons. The van der Waals surface area contributed by atoms with Gasteiger partial charge in [0.25, 0.3) is 5.91 Å². The summed E-state index contributed by atoms with van der Waals surface area (Å²) in [5.41, 5.74) is 6.76. The summed E-state index contributed by atoms with van der Waals surface area (Å²) in [7, 11) is 0. The third-order valence-corrected chi connectivity index (χ3v) is 5.38. The van der Waals surface area contributed by atoms with E-state index >= 15 is 0 Å². The zero-order valence-corrected chi connectivity index (χ0v) is 15.7. The summed E-state index contributed by atoms with van der Waals surface area (Å²) < 4.78 is 0. The number of likely N-dealkylation sites (N-methyl/N-ethyl adjacent to an activating group) is 1. The Morgan fingerprint density at radius 1 is 1.27 bits per heavy atom. The van der Waals surface area contributed by atoms with Crippen LogP contribution in [0.2, 0.25) is 0 Å². The zero-order chi connectivity index (χ0) is 18.7. The Kier molecular flexibility index (Phi) is 5.76. The molecule has 2 fully saturated rings. The number of nitrogens with two attached hydrogens (primary N) is 1. The standard InChI is InChI=1S/C19H29N5O2/c1-3-22(4-2)19(26)16-12-14(20)13-24(16)17-15(8-7-9-21-17)18(25)23-10-5-6-11-23/h7-9,14,16H,3-6,10-13,20H2,1-2H3/t14-,16+/m1/s1. The average Bonchev–Trinajstić information content (AvgIpc) is 3.31. The molecule has 0 radical (unpaired) electrons. The van der Waals surface area contributed by atoms with E-state index in [-0.39, 0.29) is 23.9 Å². The minimum atomic E-state index is -0.357. The van der Waals surface area contributed by atoms with Gasteiger partial charge < -0.3 is 20.4 Å². The topological polar surface area (TPSA) is 82.8 Å². The molecule has 0 bridgehead atoms. The van der Waals surface area contributed by atoms with Gasteiger partial charge in [-0.15, -0.1) is 0 Å². The smallest absolute Gasteiger partial charge is 0.257 e. The maximum absolute atomic E-state index is 13.0. The lowest BCUT2D eigenvalue weighted by Gasteiger charge is -2.31. The van der Waals surface area contributed by atoms with Crippen LogP contribution in [0.5, 0.6) is 0 Å². The van der Waals surface area contributed by atoms with E-state index in [0.717, 1.165) is 25.9 Å². The van der Waals surface area contributed by atoms with E-state index in [2.05, 4.69) is 4.98 Å². The Hall–Kier alpha value is -2.15. The minimum absolute atomic E-state index is 0.000101. The molecule has 0 spiro atoms. The van der Waals surface area contributed by atoms with Crippen molar-refractivity contribution in [1.82, 2.24) is 14.8 Å². The molecule has 2 amide bonds. The molecular weight excluding hydrogens is 330 g/mol. The van der Waals surface area contributed by atoms with Gasteiger partial charge in [0.1, 0.15) is 11.9 Å². The second-order valence-corrected chi connectivity index (χ2v) is 7.05. The van der Waals surface area contributed by atoms with Gasteiger partial charge in [-0.1, -0.05) is 0 Å². The molecule has 0 saturated carbocycles. The number of carbonyl (C=O) groups is 2. The van der Waals surface area contributed by atoms with Crippen molar-refractivity contribution in [2.75, 3.05) is 37.6 Å². The highest BCUT2D eigenvalue weighted by atomic mass is 16.2. The summed E-state index contributed by atoms with van der Waals surface area (Å²) in [5.74, 6) is 0.649. The van der Waals surface area contributed by atoms with Gasteiger partial charge in [-0.2, -0.15) is 0 Å². The lowest BCUT2D eigenvalue weighted by Crippen LogP contribution is -2.46. The maximum atomic E-state index is 13.0. The van der Waals surface area contributed by atoms with Gasteiger partial charge in [-0.05, 0) is 45.2 Å². The molecule has 3 rings (SSSR count). The van der Waals surface area contributed by atoms with Crippen LogP contribution in [-0.2, 0) is 4.79 Å². The van der Waals surface area contributed by atoms with Crippen LogP contribution in [0.4, 0.5) is 5.82 Å². The molecule has 7 heteroatoms.